The van der Waals surface area contributed by atoms with Crippen LogP contribution >= 0.6 is 20.2 Å². The molecule has 0 aliphatic carbocycles. The van der Waals surface area contributed by atoms with Gasteiger partial charge in [-0.1, -0.05) is 0 Å². The van der Waals surface area contributed by atoms with Crippen LogP contribution in [0.1, 0.15) is 0 Å². The topological polar surface area (TPSA) is 0 Å². The number of benzene rings is 1. The SMILES string of the molecule is [CH3][Ge]([CH3])([I])[c]1ccccc1. The zero-order chi connectivity index (χ0) is 7.61. The summed E-state index contributed by atoms with van der Waals surface area (Å²) in [6.45, 7) is 0. The van der Waals surface area contributed by atoms with E-state index in [0.29, 0.717) is 0 Å². The predicted molar refractivity (Wildman–Crippen MR) is 57.6 cm³/mol. The van der Waals surface area contributed by atoms with Crippen LogP contribution in [0.25, 0.3) is 0 Å². The summed E-state index contributed by atoms with van der Waals surface area (Å²) in [5.41, 5.74) is 0. The van der Waals surface area contributed by atoms with E-state index < -0.39 is 9.96 Å². The van der Waals surface area contributed by atoms with Crippen LogP contribution < -0.4 is 4.40 Å². The summed E-state index contributed by atoms with van der Waals surface area (Å²) in [5.74, 6) is 4.80. The summed E-state index contributed by atoms with van der Waals surface area (Å²) in [5, 5.41) is 0. The van der Waals surface area contributed by atoms with Gasteiger partial charge in [0.15, 0.2) is 0 Å². The molecule has 0 nitrogen and oxygen atoms in total. The molecule has 1 aromatic rings. The van der Waals surface area contributed by atoms with E-state index in [0.717, 1.165) is 0 Å². The van der Waals surface area contributed by atoms with Gasteiger partial charge in [0.1, 0.15) is 0 Å². The first kappa shape index (κ1) is 8.59. The van der Waals surface area contributed by atoms with Gasteiger partial charge in [-0.3, -0.25) is 0 Å². The minimum atomic E-state index is -1.53. The molecular weight excluding hydrogens is 296 g/mol. The van der Waals surface area contributed by atoms with Crippen LogP contribution in [0.2, 0.25) is 11.5 Å². The quantitative estimate of drug-likeness (QED) is 0.552. The molecule has 0 aliphatic rings. The Labute approximate surface area is 76.0 Å². The molecule has 0 amide bonds. The van der Waals surface area contributed by atoms with Crippen molar-refractivity contribution in [2.24, 2.45) is 0 Å². The van der Waals surface area contributed by atoms with Crippen molar-refractivity contribution in [2.75, 3.05) is 0 Å². The molecule has 10 heavy (non-hydrogen) atoms. The van der Waals surface area contributed by atoms with Crippen molar-refractivity contribution in [2.45, 2.75) is 11.5 Å². The average molecular weight is 307 g/mol. The van der Waals surface area contributed by atoms with Gasteiger partial charge in [-0.2, -0.15) is 0 Å². The molecule has 2 heteroatoms. The monoisotopic (exact) mass is 308 g/mol. The van der Waals surface area contributed by atoms with Crippen molar-refractivity contribution in [3.05, 3.63) is 30.3 Å². The minimum absolute atomic E-state index is 1.53. The van der Waals surface area contributed by atoms with Crippen LogP contribution in [0.4, 0.5) is 0 Å². The Morgan fingerprint density at radius 2 is 1.60 bits per heavy atom. The van der Waals surface area contributed by atoms with Crippen LogP contribution in [0.15, 0.2) is 30.3 Å². The molecular formula is C8H11GeI. The third kappa shape index (κ3) is 2.27. The number of hydrogen-bond acceptors (Lipinski definition) is 0. The van der Waals surface area contributed by atoms with E-state index in [1.807, 2.05) is 0 Å². The summed E-state index contributed by atoms with van der Waals surface area (Å²) < 4.78 is 1.57. The molecule has 0 N–H and O–H groups in total. The maximum atomic E-state index is 2.63. The van der Waals surface area contributed by atoms with Gasteiger partial charge in [0.05, 0.1) is 0 Å². The van der Waals surface area contributed by atoms with Crippen LogP contribution in [-0.4, -0.2) is 9.96 Å². The van der Waals surface area contributed by atoms with E-state index in [9.17, 15) is 0 Å². The molecule has 0 unspecified atom stereocenters. The van der Waals surface area contributed by atoms with Crippen LogP contribution in [-0.2, 0) is 0 Å². The molecule has 54 valence electrons. The van der Waals surface area contributed by atoms with Crippen molar-refractivity contribution in [1.82, 2.24) is 0 Å². The Morgan fingerprint density at radius 3 is 1.90 bits per heavy atom. The second-order valence-corrected chi connectivity index (χ2v) is 24.2. The zero-order valence-electron chi connectivity index (χ0n) is 6.26. The Bertz CT molecular complexity index is 200. The molecule has 0 fully saturated rings. The van der Waals surface area contributed by atoms with E-state index in [-0.39, 0.29) is 0 Å². The first-order valence-electron chi connectivity index (χ1n) is 3.35. The summed E-state index contributed by atoms with van der Waals surface area (Å²) in [6.07, 6.45) is 0. The Hall–Kier alpha value is 0.493. The molecule has 1 aromatic carbocycles. The van der Waals surface area contributed by atoms with Crippen LogP contribution in [0.5, 0.6) is 0 Å². The first-order valence-corrected chi connectivity index (χ1v) is 15.0. The van der Waals surface area contributed by atoms with Crippen molar-refractivity contribution in [3.8, 4) is 0 Å². The van der Waals surface area contributed by atoms with Crippen LogP contribution in [0, 0.1) is 0 Å². The zero-order valence-corrected chi connectivity index (χ0v) is 10.5. The second-order valence-electron chi connectivity index (χ2n) is 2.84. The summed E-state index contributed by atoms with van der Waals surface area (Å²) in [4.78, 5) is 0. The van der Waals surface area contributed by atoms with E-state index in [4.69, 9.17) is 0 Å². The van der Waals surface area contributed by atoms with Gasteiger partial charge in [0.2, 0.25) is 0 Å². The van der Waals surface area contributed by atoms with Gasteiger partial charge < -0.3 is 0 Å². The molecule has 0 aliphatic heterocycles. The molecule has 1 rings (SSSR count). The molecule has 0 aromatic heterocycles. The van der Waals surface area contributed by atoms with Gasteiger partial charge in [0, 0.05) is 0 Å². The molecule has 0 radical (unpaired) electrons. The van der Waals surface area contributed by atoms with Crippen molar-refractivity contribution in [3.63, 3.8) is 0 Å². The summed E-state index contributed by atoms with van der Waals surface area (Å²) in [6, 6.07) is 10.8. The van der Waals surface area contributed by atoms with Crippen molar-refractivity contribution < 1.29 is 0 Å². The Kier molecular flexibility index (Phi) is 2.80. The maximum absolute atomic E-state index is 2.63. The summed E-state index contributed by atoms with van der Waals surface area (Å²) in [7, 11) is -1.53. The van der Waals surface area contributed by atoms with Crippen molar-refractivity contribution in [1.29, 1.82) is 0 Å². The number of hydrogen-bond donors (Lipinski definition) is 0. The molecule has 0 atom stereocenters. The standard InChI is InChI=1S/C8H11GeI/c1-9(2,10)8-6-4-3-5-7-8/h3-7H,1-2H3. The third-order valence-corrected chi connectivity index (χ3v) is 8.28. The van der Waals surface area contributed by atoms with Gasteiger partial charge in [-0.25, -0.2) is 0 Å². The number of rotatable bonds is 1. The fraction of sp³-hybridized carbons (Fsp3) is 0.250. The normalized spacial score (nSPS) is 11.5. The fourth-order valence-electron chi connectivity index (χ4n) is 0.834. The Balaban J connectivity index is 2.97. The van der Waals surface area contributed by atoms with E-state index in [1.54, 1.807) is 4.40 Å². The molecule has 0 saturated heterocycles. The molecule has 0 spiro atoms. The molecule has 0 heterocycles. The Morgan fingerprint density at radius 1 is 1.10 bits per heavy atom. The average Bonchev–Trinajstić information content (AvgIpc) is 1.88. The summed E-state index contributed by atoms with van der Waals surface area (Å²) >= 11 is 2.63. The van der Waals surface area contributed by atoms with Crippen molar-refractivity contribution >= 4 is 34.6 Å². The van der Waals surface area contributed by atoms with Gasteiger partial charge in [0.25, 0.3) is 0 Å². The van der Waals surface area contributed by atoms with E-state index in [2.05, 4.69) is 62.1 Å². The van der Waals surface area contributed by atoms with Gasteiger partial charge in [-0.05, 0) is 0 Å². The fourth-order valence-corrected chi connectivity index (χ4v) is 4.77. The van der Waals surface area contributed by atoms with E-state index in [1.165, 1.54) is 0 Å². The molecule has 0 saturated carbocycles. The number of halogens is 1. The molecule has 0 bridgehead atoms. The van der Waals surface area contributed by atoms with Gasteiger partial charge in [-0.15, -0.1) is 0 Å². The van der Waals surface area contributed by atoms with E-state index >= 15 is 0 Å². The van der Waals surface area contributed by atoms with Crippen LogP contribution in [0.3, 0.4) is 0 Å². The van der Waals surface area contributed by atoms with Gasteiger partial charge >= 0.3 is 76.4 Å². The first-order chi connectivity index (χ1) is 4.61. The predicted octanol–water partition coefficient (Wildman–Crippen LogP) is 2.53. The second kappa shape index (κ2) is 3.26. The third-order valence-electron chi connectivity index (χ3n) is 1.46.